The van der Waals surface area contributed by atoms with Gasteiger partial charge in [0.1, 0.15) is 40.6 Å². The molecule has 0 N–H and O–H groups in total. The molecule has 0 aromatic heterocycles. The average molecular weight is 596 g/mol. The molecule has 218 valence electrons. The lowest BCUT2D eigenvalue weighted by atomic mass is 9.73. The second kappa shape index (κ2) is 10.3. The van der Waals surface area contributed by atoms with Crippen LogP contribution in [0.25, 0.3) is 0 Å². The summed E-state index contributed by atoms with van der Waals surface area (Å²) in [5.41, 5.74) is -1.36. The molecule has 1 aliphatic heterocycles. The van der Waals surface area contributed by atoms with E-state index in [1.165, 1.54) is 4.90 Å². The van der Waals surface area contributed by atoms with E-state index in [9.17, 15) is 8.78 Å². The van der Waals surface area contributed by atoms with Crippen LogP contribution >= 0.6 is 0 Å². The van der Waals surface area contributed by atoms with Crippen molar-refractivity contribution >= 4 is 17.1 Å². The smallest absolute Gasteiger partial charge is 0.150 e. The van der Waals surface area contributed by atoms with Crippen LogP contribution in [-0.2, 0) is 5.41 Å². The number of rotatable bonds is 4. The number of benzene rings is 5. The van der Waals surface area contributed by atoms with E-state index in [2.05, 4.69) is 0 Å². The van der Waals surface area contributed by atoms with Crippen molar-refractivity contribution < 1.29 is 35.1 Å². The maximum absolute atomic E-state index is 16.2. The van der Waals surface area contributed by atoms with Crippen molar-refractivity contribution in [3.8, 4) is 0 Å². The molecule has 0 aliphatic carbocycles. The first-order valence-corrected chi connectivity index (χ1v) is 13.2. The van der Waals surface area contributed by atoms with Gasteiger partial charge < -0.3 is 4.90 Å². The zero-order valence-electron chi connectivity index (χ0n) is 22.6. The lowest BCUT2D eigenvalue weighted by Crippen LogP contribution is -2.31. The molecule has 1 aliphatic rings. The molecule has 0 saturated heterocycles. The molecule has 9 heteroatoms. The molecule has 0 spiro atoms. The van der Waals surface area contributed by atoms with Gasteiger partial charge in [-0.25, -0.2) is 35.1 Å². The van der Waals surface area contributed by atoms with E-state index in [1.54, 1.807) is 36.4 Å². The van der Waals surface area contributed by atoms with Crippen LogP contribution in [0.4, 0.5) is 52.2 Å². The summed E-state index contributed by atoms with van der Waals surface area (Å²) in [5.74, 6) is -13.5. The van der Waals surface area contributed by atoms with Crippen molar-refractivity contribution in [2.75, 3.05) is 4.90 Å². The Morgan fingerprint density at radius 1 is 0.512 bits per heavy atom. The quantitative estimate of drug-likeness (QED) is 0.148. The van der Waals surface area contributed by atoms with Gasteiger partial charge in [0.15, 0.2) is 11.6 Å². The molecule has 0 radical (unpaired) electrons. The molecule has 43 heavy (non-hydrogen) atoms. The Labute approximate surface area is 241 Å². The number of fused-ring (bicyclic) bond motifs is 2. The first kappa shape index (κ1) is 28.5. The fourth-order valence-electron chi connectivity index (χ4n) is 6.01. The molecule has 0 unspecified atom stereocenters. The van der Waals surface area contributed by atoms with Gasteiger partial charge in [0.05, 0.1) is 11.4 Å². The lowest BCUT2D eigenvalue weighted by Gasteiger charge is -2.42. The number of para-hydroxylation sites is 2. The summed E-state index contributed by atoms with van der Waals surface area (Å²) in [5, 5.41) is 0. The monoisotopic (exact) mass is 595 g/mol. The zero-order chi connectivity index (χ0) is 30.8. The number of nitrogens with zero attached hydrogens (tertiary/aromatic N) is 1. The van der Waals surface area contributed by atoms with Crippen LogP contribution in [0.2, 0.25) is 0 Å². The van der Waals surface area contributed by atoms with Gasteiger partial charge in [-0.15, -0.1) is 0 Å². The van der Waals surface area contributed by atoms with Gasteiger partial charge in [-0.05, 0) is 41.0 Å². The van der Waals surface area contributed by atoms with E-state index >= 15 is 26.3 Å². The molecule has 0 fully saturated rings. The summed E-state index contributed by atoms with van der Waals surface area (Å²) in [6.07, 6.45) is 0. The summed E-state index contributed by atoms with van der Waals surface area (Å²) in [6, 6.07) is 16.6. The predicted octanol–water partition coefficient (Wildman–Crippen LogP) is 10.1. The Morgan fingerprint density at radius 2 is 0.884 bits per heavy atom. The zero-order valence-corrected chi connectivity index (χ0v) is 22.6. The Bertz CT molecular complexity index is 1740. The summed E-state index contributed by atoms with van der Waals surface area (Å²) in [6.45, 7) is 3.94. The third kappa shape index (κ3) is 4.54. The van der Waals surface area contributed by atoms with Crippen molar-refractivity contribution in [3.63, 3.8) is 0 Å². The topological polar surface area (TPSA) is 3.24 Å². The minimum Gasteiger partial charge on any atom is -0.305 e. The van der Waals surface area contributed by atoms with E-state index in [1.807, 2.05) is 26.0 Å². The van der Waals surface area contributed by atoms with Crippen molar-refractivity contribution in [1.29, 1.82) is 0 Å². The molecule has 1 nitrogen and oxygen atoms in total. The van der Waals surface area contributed by atoms with Gasteiger partial charge >= 0.3 is 0 Å². The van der Waals surface area contributed by atoms with Gasteiger partial charge in [0.2, 0.25) is 0 Å². The van der Waals surface area contributed by atoms with Crippen LogP contribution in [-0.4, -0.2) is 0 Å². The Kier molecular flexibility index (Phi) is 6.79. The van der Waals surface area contributed by atoms with Crippen LogP contribution in [0.5, 0.6) is 0 Å². The van der Waals surface area contributed by atoms with E-state index in [4.69, 9.17) is 0 Å². The number of hydrogen-bond acceptors (Lipinski definition) is 1. The molecular formula is C34H21F8N. The van der Waals surface area contributed by atoms with Crippen molar-refractivity contribution in [3.05, 3.63) is 159 Å². The largest absolute Gasteiger partial charge is 0.305 e. The molecule has 6 rings (SSSR count). The molecule has 0 saturated carbocycles. The third-order valence-corrected chi connectivity index (χ3v) is 7.90. The van der Waals surface area contributed by atoms with Crippen LogP contribution in [0.15, 0.2) is 84.9 Å². The SMILES string of the molecule is CC1(C)c2ccccc2N(c2c(F)cc(C(c3c(F)cc(F)cc3F)c3c(F)cc(F)cc3F)cc2F)c2ccccc21. The van der Waals surface area contributed by atoms with Crippen molar-refractivity contribution in [2.24, 2.45) is 0 Å². The average Bonchev–Trinajstić information content (AvgIpc) is 2.92. The van der Waals surface area contributed by atoms with Crippen LogP contribution in [0.3, 0.4) is 0 Å². The van der Waals surface area contributed by atoms with E-state index in [0.29, 0.717) is 23.5 Å². The summed E-state index contributed by atoms with van der Waals surface area (Å²) in [7, 11) is 0. The first-order chi connectivity index (χ1) is 20.4. The molecule has 0 atom stereocenters. The summed E-state index contributed by atoms with van der Waals surface area (Å²) >= 11 is 0. The fourth-order valence-corrected chi connectivity index (χ4v) is 6.01. The van der Waals surface area contributed by atoms with Gasteiger partial charge in [-0.2, -0.15) is 0 Å². The molecule has 0 amide bonds. The predicted molar refractivity (Wildman–Crippen MR) is 147 cm³/mol. The van der Waals surface area contributed by atoms with Crippen molar-refractivity contribution in [2.45, 2.75) is 25.2 Å². The number of halogens is 8. The highest BCUT2D eigenvalue weighted by atomic mass is 19.2. The standard InChI is InChI=1S/C34H21F8N/c1-34(2)20-7-3-5-9-28(20)43(29-10-6-4-8-21(29)34)33-26(41)11-17(12-27(33)42)30(31-22(37)13-18(35)14-23(31)38)32-24(39)15-19(36)16-25(32)40/h3-16,30H,1-2H3. The number of hydrogen-bond donors (Lipinski definition) is 0. The van der Waals surface area contributed by atoms with E-state index < -0.39 is 80.2 Å². The maximum Gasteiger partial charge on any atom is 0.150 e. The van der Waals surface area contributed by atoms with Gasteiger partial charge in [-0.3, -0.25) is 0 Å². The van der Waals surface area contributed by atoms with Gasteiger partial charge in [-0.1, -0.05) is 50.2 Å². The van der Waals surface area contributed by atoms with Crippen LogP contribution in [0, 0.1) is 46.5 Å². The van der Waals surface area contributed by atoms with E-state index in [0.717, 1.165) is 11.1 Å². The Hall–Kier alpha value is -4.66. The normalized spacial score (nSPS) is 13.7. The highest BCUT2D eigenvalue weighted by Crippen LogP contribution is 2.53. The molecular weight excluding hydrogens is 574 g/mol. The lowest BCUT2D eigenvalue weighted by molar-refractivity contribution is 0.496. The highest BCUT2D eigenvalue weighted by molar-refractivity contribution is 5.86. The molecule has 5 aromatic carbocycles. The van der Waals surface area contributed by atoms with Gasteiger partial charge in [0.25, 0.3) is 0 Å². The first-order valence-electron chi connectivity index (χ1n) is 13.2. The third-order valence-electron chi connectivity index (χ3n) is 7.90. The molecule has 0 bridgehead atoms. The molecule has 5 aromatic rings. The summed E-state index contributed by atoms with van der Waals surface area (Å²) < 4.78 is 120. The van der Waals surface area contributed by atoms with Crippen molar-refractivity contribution in [1.82, 2.24) is 0 Å². The second-order valence-corrected chi connectivity index (χ2v) is 10.8. The van der Waals surface area contributed by atoms with Crippen LogP contribution in [0.1, 0.15) is 47.6 Å². The second-order valence-electron chi connectivity index (χ2n) is 10.8. The highest BCUT2D eigenvalue weighted by Gasteiger charge is 2.39. The van der Waals surface area contributed by atoms with E-state index in [-0.39, 0.29) is 24.3 Å². The van der Waals surface area contributed by atoms with Gasteiger partial charge in [0, 0.05) is 46.7 Å². The minimum absolute atomic E-state index is 0.273. The maximum atomic E-state index is 16.2. The number of anilines is 3. The minimum atomic E-state index is -2.15. The fraction of sp³-hybridized carbons (Fsp3) is 0.118. The molecule has 1 heterocycles. The van der Waals surface area contributed by atoms with Crippen LogP contribution < -0.4 is 4.90 Å². The summed E-state index contributed by atoms with van der Waals surface area (Å²) in [4.78, 5) is 1.37. The Balaban J connectivity index is 1.61. The Morgan fingerprint density at radius 3 is 1.28 bits per heavy atom.